The van der Waals surface area contributed by atoms with Crippen molar-refractivity contribution >= 4 is 39.9 Å². The van der Waals surface area contributed by atoms with E-state index in [4.69, 9.17) is 11.6 Å². The van der Waals surface area contributed by atoms with Crippen LogP contribution in [-0.4, -0.2) is 17.0 Å². The Morgan fingerprint density at radius 2 is 2.38 bits per heavy atom. The molecule has 0 amide bonds. The van der Waals surface area contributed by atoms with Crippen LogP contribution >= 0.6 is 34.7 Å². The van der Waals surface area contributed by atoms with Crippen molar-refractivity contribution in [2.24, 2.45) is 10.9 Å². The molecule has 16 heavy (non-hydrogen) atoms. The van der Waals surface area contributed by atoms with Crippen molar-refractivity contribution in [2.75, 3.05) is 6.54 Å². The van der Waals surface area contributed by atoms with Crippen LogP contribution < -0.4 is 5.32 Å². The first-order valence-corrected chi connectivity index (χ1v) is 7.42. The lowest BCUT2D eigenvalue weighted by molar-refractivity contribution is 0.621. The molecule has 1 aromatic heterocycles. The molecule has 1 N–H and O–H groups in total. The number of nitrogens with zero attached hydrogens (tertiary/aromatic N) is 1. The zero-order valence-corrected chi connectivity index (χ0v) is 11.8. The Bertz CT molecular complexity index is 387. The SMILES string of the molecule is CC(C)C1CN=C(NCc2ccc(Cl)s2)S1. The summed E-state index contributed by atoms with van der Waals surface area (Å²) in [4.78, 5) is 5.75. The molecule has 2 nitrogen and oxygen atoms in total. The van der Waals surface area contributed by atoms with Crippen LogP contribution in [0.4, 0.5) is 0 Å². The summed E-state index contributed by atoms with van der Waals surface area (Å²) in [6.07, 6.45) is 0. The molecule has 0 radical (unpaired) electrons. The van der Waals surface area contributed by atoms with E-state index in [2.05, 4.69) is 30.2 Å². The van der Waals surface area contributed by atoms with Gasteiger partial charge in [-0.2, -0.15) is 0 Å². The molecule has 0 saturated carbocycles. The third-order valence-electron chi connectivity index (χ3n) is 2.46. The van der Waals surface area contributed by atoms with Crippen LogP contribution in [0.2, 0.25) is 4.34 Å². The van der Waals surface area contributed by atoms with E-state index >= 15 is 0 Å². The van der Waals surface area contributed by atoms with Gasteiger partial charge in [0.25, 0.3) is 0 Å². The molecule has 0 bridgehead atoms. The first-order chi connectivity index (χ1) is 7.65. The van der Waals surface area contributed by atoms with Crippen LogP contribution in [0.1, 0.15) is 18.7 Å². The standard InChI is InChI=1S/C11H15ClN2S2/c1-7(2)9-6-14-11(16-9)13-5-8-3-4-10(12)15-8/h3-4,7,9H,5-6H2,1-2H3,(H,13,14). The average molecular weight is 275 g/mol. The summed E-state index contributed by atoms with van der Waals surface area (Å²) in [5, 5.41) is 5.07. The zero-order chi connectivity index (χ0) is 11.5. The van der Waals surface area contributed by atoms with Crippen LogP contribution in [0.25, 0.3) is 0 Å². The van der Waals surface area contributed by atoms with E-state index in [0.29, 0.717) is 11.2 Å². The van der Waals surface area contributed by atoms with Crippen molar-refractivity contribution in [1.29, 1.82) is 0 Å². The summed E-state index contributed by atoms with van der Waals surface area (Å²) in [5.74, 6) is 0.684. The van der Waals surface area contributed by atoms with E-state index < -0.39 is 0 Å². The van der Waals surface area contributed by atoms with Gasteiger partial charge in [-0.25, -0.2) is 0 Å². The van der Waals surface area contributed by atoms with E-state index in [9.17, 15) is 0 Å². The Labute approximate surface area is 109 Å². The van der Waals surface area contributed by atoms with Gasteiger partial charge in [0.1, 0.15) is 0 Å². The van der Waals surface area contributed by atoms with Gasteiger partial charge in [0.15, 0.2) is 5.17 Å². The number of hydrogen-bond donors (Lipinski definition) is 1. The van der Waals surface area contributed by atoms with Gasteiger partial charge in [-0.3, -0.25) is 4.99 Å². The summed E-state index contributed by atoms with van der Waals surface area (Å²) < 4.78 is 0.845. The van der Waals surface area contributed by atoms with Gasteiger partial charge in [-0.15, -0.1) is 11.3 Å². The number of rotatable bonds is 3. The Morgan fingerprint density at radius 3 is 2.94 bits per heavy atom. The highest BCUT2D eigenvalue weighted by molar-refractivity contribution is 8.14. The summed E-state index contributed by atoms with van der Waals surface area (Å²) in [7, 11) is 0. The smallest absolute Gasteiger partial charge is 0.157 e. The average Bonchev–Trinajstić information content (AvgIpc) is 2.83. The molecule has 1 aliphatic heterocycles. The first kappa shape index (κ1) is 12.3. The van der Waals surface area contributed by atoms with Gasteiger partial charge in [0.05, 0.1) is 17.4 Å². The molecule has 0 aliphatic carbocycles. The Morgan fingerprint density at radius 1 is 1.56 bits per heavy atom. The molecule has 0 fully saturated rings. The van der Waals surface area contributed by atoms with Crippen molar-refractivity contribution < 1.29 is 0 Å². The lowest BCUT2D eigenvalue weighted by atomic mass is 10.1. The molecular formula is C11H15ClN2S2. The minimum Gasteiger partial charge on any atom is -0.360 e. The first-order valence-electron chi connectivity index (χ1n) is 5.34. The summed E-state index contributed by atoms with van der Waals surface area (Å²) >= 11 is 9.35. The van der Waals surface area contributed by atoms with Crippen molar-refractivity contribution in [3.63, 3.8) is 0 Å². The van der Waals surface area contributed by atoms with E-state index in [1.165, 1.54) is 4.88 Å². The number of thioether (sulfide) groups is 1. The maximum absolute atomic E-state index is 5.88. The molecular weight excluding hydrogens is 260 g/mol. The van der Waals surface area contributed by atoms with Crippen LogP contribution in [-0.2, 0) is 6.54 Å². The van der Waals surface area contributed by atoms with Crippen molar-refractivity contribution in [3.8, 4) is 0 Å². The highest BCUT2D eigenvalue weighted by Crippen LogP contribution is 2.26. The largest absolute Gasteiger partial charge is 0.360 e. The monoisotopic (exact) mass is 274 g/mol. The number of aliphatic imine (C=N–C) groups is 1. The number of halogens is 1. The molecule has 2 rings (SSSR count). The van der Waals surface area contributed by atoms with Crippen LogP contribution in [0.15, 0.2) is 17.1 Å². The summed E-state index contributed by atoms with van der Waals surface area (Å²) in [6.45, 7) is 6.26. The van der Waals surface area contributed by atoms with E-state index in [-0.39, 0.29) is 0 Å². The third kappa shape index (κ3) is 3.15. The maximum atomic E-state index is 5.88. The maximum Gasteiger partial charge on any atom is 0.157 e. The highest BCUT2D eigenvalue weighted by atomic mass is 35.5. The Hall–Kier alpha value is -0.190. The van der Waals surface area contributed by atoms with Crippen LogP contribution in [0, 0.1) is 5.92 Å². The molecule has 1 aromatic rings. The second kappa shape index (κ2) is 5.43. The van der Waals surface area contributed by atoms with Gasteiger partial charge in [0, 0.05) is 10.1 Å². The van der Waals surface area contributed by atoms with Crippen LogP contribution in [0.5, 0.6) is 0 Å². The molecule has 0 spiro atoms. The highest BCUT2D eigenvalue weighted by Gasteiger charge is 2.22. The van der Waals surface area contributed by atoms with Crippen molar-refractivity contribution in [3.05, 3.63) is 21.3 Å². The van der Waals surface area contributed by atoms with E-state index in [1.807, 2.05) is 17.8 Å². The lowest BCUT2D eigenvalue weighted by Gasteiger charge is -2.11. The fourth-order valence-corrected chi connectivity index (χ4v) is 3.48. The number of hydrogen-bond acceptors (Lipinski definition) is 4. The molecule has 1 atom stereocenters. The predicted molar refractivity (Wildman–Crippen MR) is 74.7 cm³/mol. The molecule has 88 valence electrons. The lowest BCUT2D eigenvalue weighted by Crippen LogP contribution is -2.19. The van der Waals surface area contributed by atoms with Gasteiger partial charge >= 0.3 is 0 Å². The van der Waals surface area contributed by atoms with Gasteiger partial charge in [-0.05, 0) is 18.1 Å². The fourth-order valence-electron chi connectivity index (χ4n) is 1.44. The quantitative estimate of drug-likeness (QED) is 0.910. The van der Waals surface area contributed by atoms with E-state index in [0.717, 1.165) is 22.6 Å². The Balaban J connectivity index is 1.80. The number of thiophene rings is 1. The molecule has 0 saturated heterocycles. The minimum absolute atomic E-state index is 0.634. The third-order valence-corrected chi connectivity index (χ3v) is 5.19. The molecule has 2 heterocycles. The number of amidine groups is 1. The zero-order valence-electron chi connectivity index (χ0n) is 9.37. The predicted octanol–water partition coefficient (Wildman–Crippen LogP) is 3.62. The summed E-state index contributed by atoms with van der Waals surface area (Å²) in [5.41, 5.74) is 0. The van der Waals surface area contributed by atoms with Crippen LogP contribution in [0.3, 0.4) is 0 Å². The molecule has 5 heteroatoms. The van der Waals surface area contributed by atoms with Crippen molar-refractivity contribution in [2.45, 2.75) is 25.6 Å². The second-order valence-corrected chi connectivity index (χ2v) is 7.13. The van der Waals surface area contributed by atoms with E-state index in [1.54, 1.807) is 11.3 Å². The Kier molecular flexibility index (Phi) is 4.16. The number of nitrogens with one attached hydrogen (secondary N) is 1. The minimum atomic E-state index is 0.634. The summed E-state index contributed by atoms with van der Waals surface area (Å²) in [6, 6.07) is 3.99. The molecule has 1 aliphatic rings. The topological polar surface area (TPSA) is 24.4 Å². The fraction of sp³-hybridized carbons (Fsp3) is 0.545. The van der Waals surface area contributed by atoms with Gasteiger partial charge in [-0.1, -0.05) is 37.2 Å². The van der Waals surface area contributed by atoms with Gasteiger partial charge in [0.2, 0.25) is 0 Å². The normalized spacial score (nSPS) is 20.2. The second-order valence-electron chi connectivity index (χ2n) is 4.11. The van der Waals surface area contributed by atoms with Crippen molar-refractivity contribution in [1.82, 2.24) is 5.32 Å². The molecule has 0 aromatic carbocycles. The van der Waals surface area contributed by atoms with Gasteiger partial charge < -0.3 is 5.32 Å². The molecule has 1 unspecified atom stereocenters.